The summed E-state index contributed by atoms with van der Waals surface area (Å²) in [4.78, 5) is 20.6. The van der Waals surface area contributed by atoms with Gasteiger partial charge in [-0.1, -0.05) is 0 Å². The number of rotatable bonds is 6. The van der Waals surface area contributed by atoms with E-state index in [4.69, 9.17) is 4.74 Å². The smallest absolute Gasteiger partial charge is 0.329 e. The number of aromatic nitrogens is 2. The molecule has 1 saturated heterocycles. The quantitative estimate of drug-likeness (QED) is 0.562. The molecule has 0 saturated carbocycles. The highest BCUT2D eigenvalue weighted by atomic mass is 16.6. The molecule has 0 spiro atoms. The van der Waals surface area contributed by atoms with E-state index in [1.807, 2.05) is 0 Å². The van der Waals surface area contributed by atoms with E-state index in [0.717, 1.165) is 32.8 Å². The normalized spacial score (nSPS) is 15.8. The van der Waals surface area contributed by atoms with Crippen molar-refractivity contribution in [1.29, 1.82) is 0 Å². The summed E-state index contributed by atoms with van der Waals surface area (Å²) in [5.41, 5.74) is -0.119. The van der Waals surface area contributed by atoms with Gasteiger partial charge in [-0.15, -0.1) is 0 Å². The largest absolute Gasteiger partial charge is 0.379 e. The van der Waals surface area contributed by atoms with Crippen LogP contribution in [0.4, 0.5) is 17.5 Å². The Balaban J connectivity index is 1.94. The summed E-state index contributed by atoms with van der Waals surface area (Å²) in [5.74, 6) is 0.590. The lowest BCUT2D eigenvalue weighted by Gasteiger charge is -2.26. The minimum absolute atomic E-state index is 0.119. The predicted molar refractivity (Wildman–Crippen MR) is 74.0 cm³/mol. The minimum Gasteiger partial charge on any atom is -0.379 e. The molecule has 0 aliphatic carbocycles. The lowest BCUT2D eigenvalue weighted by atomic mass is 10.4. The van der Waals surface area contributed by atoms with Gasteiger partial charge in [0.05, 0.1) is 18.1 Å². The first-order valence-corrected chi connectivity index (χ1v) is 6.44. The van der Waals surface area contributed by atoms with Crippen LogP contribution >= 0.6 is 0 Å². The summed E-state index contributed by atoms with van der Waals surface area (Å²) in [6, 6.07) is 0. The molecule has 0 aromatic carbocycles. The van der Waals surface area contributed by atoms with Gasteiger partial charge >= 0.3 is 5.69 Å². The first kappa shape index (κ1) is 14.4. The van der Waals surface area contributed by atoms with Crippen LogP contribution in [0.3, 0.4) is 0 Å². The third-order valence-electron chi connectivity index (χ3n) is 3.01. The number of nitrogens with one attached hydrogen (secondary N) is 2. The van der Waals surface area contributed by atoms with Gasteiger partial charge in [0.15, 0.2) is 0 Å². The van der Waals surface area contributed by atoms with Gasteiger partial charge in [-0.25, -0.2) is 4.98 Å². The molecule has 0 atom stereocenters. The first-order valence-electron chi connectivity index (χ1n) is 6.44. The molecule has 110 valence electrons. The molecular formula is C11H18N6O3. The molecule has 0 unspecified atom stereocenters. The van der Waals surface area contributed by atoms with Crippen LogP contribution in [-0.2, 0) is 4.74 Å². The molecule has 0 amide bonds. The number of hydrogen-bond acceptors (Lipinski definition) is 8. The van der Waals surface area contributed by atoms with Crippen molar-refractivity contribution in [2.75, 3.05) is 57.1 Å². The number of nitrogens with zero attached hydrogens (tertiary/aromatic N) is 4. The van der Waals surface area contributed by atoms with Crippen LogP contribution in [0, 0.1) is 10.1 Å². The SMILES string of the molecule is CNc1ncc([N+](=O)[O-])c(NCCN2CCOCC2)n1. The van der Waals surface area contributed by atoms with Gasteiger partial charge in [0.25, 0.3) is 0 Å². The van der Waals surface area contributed by atoms with Crippen molar-refractivity contribution in [3.05, 3.63) is 16.3 Å². The summed E-state index contributed by atoms with van der Waals surface area (Å²) < 4.78 is 5.26. The fourth-order valence-corrected chi connectivity index (χ4v) is 1.92. The van der Waals surface area contributed by atoms with Crippen molar-refractivity contribution in [3.8, 4) is 0 Å². The lowest BCUT2D eigenvalue weighted by Crippen LogP contribution is -2.39. The van der Waals surface area contributed by atoms with Crippen LogP contribution in [0.1, 0.15) is 0 Å². The van der Waals surface area contributed by atoms with Crippen molar-refractivity contribution < 1.29 is 9.66 Å². The molecular weight excluding hydrogens is 264 g/mol. The Morgan fingerprint density at radius 1 is 1.50 bits per heavy atom. The minimum atomic E-state index is -0.490. The molecule has 2 heterocycles. The van der Waals surface area contributed by atoms with Crippen LogP contribution in [0.25, 0.3) is 0 Å². The van der Waals surface area contributed by atoms with E-state index in [1.165, 1.54) is 6.20 Å². The first-order chi connectivity index (χ1) is 9.70. The zero-order valence-electron chi connectivity index (χ0n) is 11.3. The second-order valence-electron chi connectivity index (χ2n) is 4.32. The average Bonchev–Trinajstić information content (AvgIpc) is 2.48. The second-order valence-corrected chi connectivity index (χ2v) is 4.32. The Kier molecular flexibility index (Phi) is 5.02. The fourth-order valence-electron chi connectivity index (χ4n) is 1.92. The van der Waals surface area contributed by atoms with Crippen molar-refractivity contribution >= 4 is 17.5 Å². The van der Waals surface area contributed by atoms with Gasteiger partial charge < -0.3 is 15.4 Å². The van der Waals surface area contributed by atoms with Crippen molar-refractivity contribution in [3.63, 3.8) is 0 Å². The van der Waals surface area contributed by atoms with Crippen LogP contribution in [0.5, 0.6) is 0 Å². The maximum absolute atomic E-state index is 10.9. The maximum atomic E-state index is 10.9. The molecule has 20 heavy (non-hydrogen) atoms. The summed E-state index contributed by atoms with van der Waals surface area (Å²) in [6.07, 6.45) is 1.20. The molecule has 2 N–H and O–H groups in total. The number of nitro groups is 1. The Hall–Kier alpha value is -2.00. The summed E-state index contributed by atoms with van der Waals surface area (Å²) in [6.45, 7) is 4.61. The van der Waals surface area contributed by atoms with E-state index in [2.05, 4.69) is 25.5 Å². The molecule has 1 aliphatic heterocycles. The number of ether oxygens (including phenoxy) is 1. The van der Waals surface area contributed by atoms with Crippen molar-refractivity contribution in [1.82, 2.24) is 14.9 Å². The van der Waals surface area contributed by atoms with Crippen LogP contribution < -0.4 is 10.6 Å². The Morgan fingerprint density at radius 2 is 2.25 bits per heavy atom. The van der Waals surface area contributed by atoms with Gasteiger partial charge in [-0.05, 0) is 0 Å². The highest BCUT2D eigenvalue weighted by molar-refractivity contribution is 5.56. The Morgan fingerprint density at radius 3 is 2.90 bits per heavy atom. The molecule has 1 aromatic heterocycles. The number of hydrogen-bond donors (Lipinski definition) is 2. The maximum Gasteiger partial charge on any atom is 0.329 e. The third-order valence-corrected chi connectivity index (χ3v) is 3.01. The Bertz CT molecular complexity index is 463. The van der Waals surface area contributed by atoms with E-state index in [-0.39, 0.29) is 11.5 Å². The van der Waals surface area contributed by atoms with Gasteiger partial charge in [0.1, 0.15) is 6.20 Å². The second kappa shape index (κ2) is 6.96. The van der Waals surface area contributed by atoms with Crippen molar-refractivity contribution in [2.45, 2.75) is 0 Å². The van der Waals surface area contributed by atoms with Gasteiger partial charge in [0.2, 0.25) is 11.8 Å². The molecule has 9 nitrogen and oxygen atoms in total. The summed E-state index contributed by atoms with van der Waals surface area (Å²) in [7, 11) is 1.67. The number of morpholine rings is 1. The molecule has 1 fully saturated rings. The highest BCUT2D eigenvalue weighted by Gasteiger charge is 2.17. The molecule has 9 heteroatoms. The molecule has 0 bridgehead atoms. The third kappa shape index (κ3) is 3.75. The standard InChI is InChI=1S/C11H18N6O3/c1-12-11-14-8-9(17(18)19)10(15-11)13-2-3-16-4-6-20-7-5-16/h8H,2-7H2,1H3,(H2,12,13,14,15). The van der Waals surface area contributed by atoms with E-state index < -0.39 is 4.92 Å². The highest BCUT2D eigenvalue weighted by Crippen LogP contribution is 2.21. The Labute approximate surface area is 116 Å². The topological polar surface area (TPSA) is 105 Å². The molecule has 1 aromatic rings. The average molecular weight is 282 g/mol. The van der Waals surface area contributed by atoms with E-state index in [9.17, 15) is 10.1 Å². The zero-order valence-corrected chi connectivity index (χ0v) is 11.3. The number of anilines is 2. The van der Waals surface area contributed by atoms with Crippen LogP contribution in [0.2, 0.25) is 0 Å². The molecule has 2 rings (SSSR count). The lowest BCUT2D eigenvalue weighted by molar-refractivity contribution is -0.384. The van der Waals surface area contributed by atoms with Crippen LogP contribution in [-0.4, -0.2) is 66.2 Å². The van der Waals surface area contributed by atoms with E-state index in [0.29, 0.717) is 12.5 Å². The monoisotopic (exact) mass is 282 g/mol. The van der Waals surface area contributed by atoms with Gasteiger partial charge in [-0.2, -0.15) is 4.98 Å². The summed E-state index contributed by atoms with van der Waals surface area (Å²) >= 11 is 0. The molecule has 0 radical (unpaired) electrons. The van der Waals surface area contributed by atoms with Gasteiger partial charge in [-0.3, -0.25) is 15.0 Å². The molecule has 1 aliphatic rings. The van der Waals surface area contributed by atoms with E-state index in [1.54, 1.807) is 7.05 Å². The van der Waals surface area contributed by atoms with Crippen molar-refractivity contribution in [2.24, 2.45) is 0 Å². The summed E-state index contributed by atoms with van der Waals surface area (Å²) in [5, 5.41) is 16.7. The van der Waals surface area contributed by atoms with Crippen LogP contribution in [0.15, 0.2) is 6.20 Å². The van der Waals surface area contributed by atoms with Gasteiger partial charge in [0, 0.05) is 33.2 Å². The van der Waals surface area contributed by atoms with E-state index >= 15 is 0 Å². The fraction of sp³-hybridized carbons (Fsp3) is 0.636. The predicted octanol–water partition coefficient (Wildman–Crippen LogP) is 0.171. The zero-order chi connectivity index (χ0) is 14.4.